The van der Waals surface area contributed by atoms with Gasteiger partial charge in [-0.05, 0) is 70.4 Å². The number of fused-ring (bicyclic) bond motifs is 3. The van der Waals surface area contributed by atoms with Crippen LogP contribution in [0.2, 0.25) is 0 Å². The maximum absolute atomic E-state index is 12.9. The molecule has 0 radical (unpaired) electrons. The monoisotopic (exact) mass is 455 g/mol. The fraction of sp³-hybridized carbons (Fsp3) is 0.720. The molecule has 1 aliphatic heterocycles. The van der Waals surface area contributed by atoms with Gasteiger partial charge in [-0.2, -0.15) is 5.10 Å². The molecule has 8 heteroatoms. The second-order valence-electron chi connectivity index (χ2n) is 9.80. The molecule has 1 saturated carbocycles. The lowest BCUT2D eigenvalue weighted by Gasteiger charge is -2.35. The minimum atomic E-state index is -0.417. The number of rotatable bonds is 6. The Bertz CT molecular complexity index is 1050. The number of alkyl carbamates (subject to hydrolysis) is 1. The molecule has 0 aromatic carbocycles. The van der Waals surface area contributed by atoms with Crippen molar-refractivity contribution in [2.24, 2.45) is 0 Å². The van der Waals surface area contributed by atoms with Crippen LogP contribution in [0.5, 0.6) is 0 Å². The lowest BCUT2D eigenvalue weighted by atomic mass is 9.89. The highest BCUT2D eigenvalue weighted by molar-refractivity contribution is 5.84. The Balaban J connectivity index is 1.53. The molecule has 0 bridgehead atoms. The van der Waals surface area contributed by atoms with Gasteiger partial charge in [0.2, 0.25) is 0 Å². The first-order valence-electron chi connectivity index (χ1n) is 13.0. The zero-order valence-electron chi connectivity index (χ0n) is 19.8. The van der Waals surface area contributed by atoms with Crippen molar-refractivity contribution in [2.45, 2.75) is 96.2 Å². The Labute approximate surface area is 195 Å². The molecule has 3 heterocycles. The summed E-state index contributed by atoms with van der Waals surface area (Å²) in [7, 11) is 0. The maximum atomic E-state index is 12.9. The standard InChI is InChI=1S/C25H37N5O3/c1-2-26-25(32)33-16-15-30-23-21(18-11-6-7-12-19(18)24(31)27-23)22(28-30)20-13-8-14-29(20)17-9-4-3-5-10-17/h17,20H,2-16H2,1H3,(H,26,32)(H,27,31)/t20-/m1/s1. The number of carbonyl (C=O) groups excluding carboxylic acids is 1. The van der Waals surface area contributed by atoms with E-state index >= 15 is 0 Å². The number of amides is 1. The molecule has 2 fully saturated rings. The first kappa shape index (κ1) is 22.4. The molecule has 2 aromatic heterocycles. The number of aromatic amines is 1. The summed E-state index contributed by atoms with van der Waals surface area (Å²) in [6.07, 6.45) is 12.4. The average Bonchev–Trinajstić information content (AvgIpc) is 3.45. The summed E-state index contributed by atoms with van der Waals surface area (Å²) in [5.74, 6) is 0. The third-order valence-electron chi connectivity index (χ3n) is 7.77. The van der Waals surface area contributed by atoms with E-state index in [1.54, 1.807) is 0 Å². The summed E-state index contributed by atoms with van der Waals surface area (Å²) in [6, 6.07) is 0.948. The van der Waals surface area contributed by atoms with E-state index in [9.17, 15) is 9.59 Å². The van der Waals surface area contributed by atoms with Crippen molar-refractivity contribution in [3.63, 3.8) is 0 Å². The van der Waals surface area contributed by atoms with E-state index in [-0.39, 0.29) is 12.2 Å². The van der Waals surface area contributed by atoms with E-state index in [4.69, 9.17) is 9.84 Å². The van der Waals surface area contributed by atoms with E-state index in [1.807, 2.05) is 11.6 Å². The number of carbonyl (C=O) groups is 1. The van der Waals surface area contributed by atoms with Gasteiger partial charge in [0.1, 0.15) is 12.3 Å². The molecule has 33 heavy (non-hydrogen) atoms. The molecule has 2 aliphatic carbocycles. The molecular weight excluding hydrogens is 418 g/mol. The Morgan fingerprint density at radius 2 is 1.88 bits per heavy atom. The van der Waals surface area contributed by atoms with Crippen molar-refractivity contribution in [3.8, 4) is 0 Å². The molecule has 1 atom stereocenters. The lowest BCUT2D eigenvalue weighted by molar-refractivity contribution is 0.137. The second kappa shape index (κ2) is 9.87. The van der Waals surface area contributed by atoms with Gasteiger partial charge in [0, 0.05) is 23.5 Å². The largest absolute Gasteiger partial charge is 0.448 e. The van der Waals surface area contributed by atoms with E-state index in [1.165, 1.54) is 44.1 Å². The second-order valence-corrected chi connectivity index (χ2v) is 9.80. The van der Waals surface area contributed by atoms with Crippen LogP contribution in [0.4, 0.5) is 4.79 Å². The van der Waals surface area contributed by atoms with Crippen LogP contribution in [0.25, 0.3) is 11.0 Å². The third-order valence-corrected chi connectivity index (χ3v) is 7.77. The van der Waals surface area contributed by atoms with Crippen LogP contribution in [0, 0.1) is 0 Å². The van der Waals surface area contributed by atoms with E-state index in [0.717, 1.165) is 60.9 Å². The highest BCUT2D eigenvalue weighted by Gasteiger charge is 2.36. The van der Waals surface area contributed by atoms with Crippen LogP contribution >= 0.6 is 0 Å². The molecule has 0 spiro atoms. The normalized spacial score (nSPS) is 21.9. The number of pyridine rings is 1. The number of ether oxygens (including phenoxy) is 1. The van der Waals surface area contributed by atoms with E-state index in [0.29, 0.717) is 25.2 Å². The van der Waals surface area contributed by atoms with Gasteiger partial charge in [0.25, 0.3) is 5.56 Å². The highest BCUT2D eigenvalue weighted by atomic mass is 16.5. The predicted octanol–water partition coefficient (Wildman–Crippen LogP) is 3.82. The van der Waals surface area contributed by atoms with Crippen molar-refractivity contribution in [2.75, 3.05) is 19.7 Å². The quantitative estimate of drug-likeness (QED) is 0.691. The molecule has 0 unspecified atom stereocenters. The fourth-order valence-corrected chi connectivity index (χ4v) is 6.27. The molecule has 8 nitrogen and oxygen atoms in total. The van der Waals surface area contributed by atoms with Crippen molar-refractivity contribution in [1.82, 2.24) is 25.0 Å². The number of nitrogens with zero attached hydrogens (tertiary/aromatic N) is 3. The topological polar surface area (TPSA) is 92.2 Å². The summed E-state index contributed by atoms with van der Waals surface area (Å²) < 4.78 is 7.19. The molecule has 2 aromatic rings. The summed E-state index contributed by atoms with van der Waals surface area (Å²) in [5, 5.41) is 8.92. The van der Waals surface area contributed by atoms with Gasteiger partial charge in [-0.15, -0.1) is 0 Å². The fourth-order valence-electron chi connectivity index (χ4n) is 6.27. The zero-order chi connectivity index (χ0) is 22.8. The van der Waals surface area contributed by atoms with Gasteiger partial charge in [-0.1, -0.05) is 19.3 Å². The zero-order valence-corrected chi connectivity index (χ0v) is 19.8. The van der Waals surface area contributed by atoms with Crippen LogP contribution in [-0.4, -0.2) is 51.5 Å². The first-order valence-corrected chi connectivity index (χ1v) is 13.0. The Morgan fingerprint density at radius 1 is 1.09 bits per heavy atom. The van der Waals surface area contributed by atoms with Crippen LogP contribution in [0.15, 0.2) is 4.79 Å². The summed E-state index contributed by atoms with van der Waals surface area (Å²) in [5.41, 5.74) is 4.10. The molecule has 3 aliphatic rings. The van der Waals surface area contributed by atoms with Crippen molar-refractivity contribution >= 4 is 17.1 Å². The van der Waals surface area contributed by atoms with Crippen LogP contribution < -0.4 is 10.9 Å². The van der Waals surface area contributed by atoms with Crippen molar-refractivity contribution < 1.29 is 9.53 Å². The number of H-pyrrole nitrogens is 1. The van der Waals surface area contributed by atoms with Gasteiger partial charge in [0.05, 0.1) is 18.3 Å². The average molecular weight is 456 g/mol. The summed E-state index contributed by atoms with van der Waals surface area (Å²) in [6.45, 7) is 4.18. The SMILES string of the molecule is CCNC(=O)OCCn1nc([C@H]2CCCN2C2CCCCC2)c2c3c(c(=O)[nH]c21)CCCC3. The molecule has 1 saturated heterocycles. The Morgan fingerprint density at radius 3 is 2.67 bits per heavy atom. The molecular formula is C25H37N5O3. The number of aromatic nitrogens is 3. The van der Waals surface area contributed by atoms with Crippen molar-refractivity contribution in [1.29, 1.82) is 0 Å². The van der Waals surface area contributed by atoms with E-state index in [2.05, 4.69) is 15.2 Å². The Kier molecular flexibility index (Phi) is 6.71. The molecule has 1 amide bonds. The molecule has 5 rings (SSSR count). The van der Waals surface area contributed by atoms with Gasteiger partial charge in [-0.25, -0.2) is 9.48 Å². The number of hydrogen-bond donors (Lipinski definition) is 2. The minimum absolute atomic E-state index is 0.0186. The van der Waals surface area contributed by atoms with Crippen LogP contribution in [0.3, 0.4) is 0 Å². The third kappa shape index (κ3) is 4.42. The first-order chi connectivity index (χ1) is 16.2. The summed E-state index contributed by atoms with van der Waals surface area (Å²) >= 11 is 0. The summed E-state index contributed by atoms with van der Waals surface area (Å²) in [4.78, 5) is 30.5. The van der Waals surface area contributed by atoms with E-state index < -0.39 is 6.09 Å². The van der Waals surface area contributed by atoms with Crippen LogP contribution in [-0.2, 0) is 24.1 Å². The van der Waals surface area contributed by atoms with Crippen molar-refractivity contribution in [3.05, 3.63) is 27.2 Å². The number of aryl methyl sites for hydroxylation is 1. The van der Waals surface area contributed by atoms with Gasteiger partial charge in [-0.3, -0.25) is 9.69 Å². The smallest absolute Gasteiger partial charge is 0.407 e. The number of hydrogen-bond acceptors (Lipinski definition) is 5. The maximum Gasteiger partial charge on any atom is 0.407 e. The van der Waals surface area contributed by atoms with Gasteiger partial charge in [0.15, 0.2) is 0 Å². The van der Waals surface area contributed by atoms with Crippen LogP contribution in [0.1, 0.15) is 87.6 Å². The molecule has 180 valence electrons. The number of nitrogens with one attached hydrogen (secondary N) is 2. The predicted molar refractivity (Wildman–Crippen MR) is 128 cm³/mol. The Hall–Kier alpha value is -2.35. The number of likely N-dealkylation sites (tertiary alicyclic amines) is 1. The van der Waals surface area contributed by atoms with Gasteiger partial charge >= 0.3 is 6.09 Å². The lowest BCUT2D eigenvalue weighted by Crippen LogP contribution is -2.36. The highest BCUT2D eigenvalue weighted by Crippen LogP contribution is 2.41. The minimum Gasteiger partial charge on any atom is -0.448 e. The molecule has 2 N–H and O–H groups in total. The van der Waals surface area contributed by atoms with Gasteiger partial charge < -0.3 is 15.0 Å².